The van der Waals surface area contributed by atoms with Crippen LogP contribution in [0.15, 0.2) is 11.4 Å². The second kappa shape index (κ2) is 5.22. The van der Waals surface area contributed by atoms with Crippen molar-refractivity contribution in [3.8, 4) is 0 Å². The van der Waals surface area contributed by atoms with Crippen molar-refractivity contribution >= 4 is 15.8 Å². The van der Waals surface area contributed by atoms with E-state index in [9.17, 15) is 18.6 Å². The van der Waals surface area contributed by atoms with Crippen LogP contribution in [0, 0.1) is 0 Å². The summed E-state index contributed by atoms with van der Waals surface area (Å²) < 4.78 is 27.8. The summed E-state index contributed by atoms with van der Waals surface area (Å²) in [5, 5.41) is 18.3. The molecular formula is C9H18N4O4S. The molecule has 0 saturated carbocycles. The lowest BCUT2D eigenvalue weighted by atomic mass is 10.0. The molecule has 8 nitrogen and oxygen atoms in total. The van der Waals surface area contributed by atoms with Gasteiger partial charge in [0.2, 0.25) is 0 Å². The van der Waals surface area contributed by atoms with Crippen molar-refractivity contribution in [2.75, 3.05) is 18.9 Å². The highest BCUT2D eigenvalue weighted by Gasteiger charge is 2.35. The lowest BCUT2D eigenvalue weighted by Crippen LogP contribution is -2.53. The molecule has 104 valence electrons. The molecule has 0 saturated heterocycles. The Morgan fingerprint density at radius 2 is 2.06 bits per heavy atom. The highest BCUT2D eigenvalue weighted by molar-refractivity contribution is 7.89. The van der Waals surface area contributed by atoms with Gasteiger partial charge < -0.3 is 20.5 Å². The molecule has 0 aliphatic rings. The van der Waals surface area contributed by atoms with Gasteiger partial charge in [-0.25, -0.2) is 13.4 Å². The molecule has 1 aromatic rings. The lowest BCUT2D eigenvalue weighted by Gasteiger charge is -2.29. The van der Waals surface area contributed by atoms with Crippen LogP contribution in [0.3, 0.4) is 0 Å². The van der Waals surface area contributed by atoms with Crippen molar-refractivity contribution in [2.45, 2.75) is 23.9 Å². The first kappa shape index (κ1) is 14.9. The van der Waals surface area contributed by atoms with Gasteiger partial charge in [-0.2, -0.15) is 4.72 Å². The Bertz CT molecular complexity index is 479. The number of nitrogens with two attached hydrogens (primary N) is 1. The molecule has 0 fully saturated rings. The highest BCUT2D eigenvalue weighted by Crippen LogP contribution is 2.19. The molecular weight excluding hydrogens is 260 g/mol. The number of rotatable bonds is 6. The zero-order chi connectivity index (χ0) is 14.0. The Morgan fingerprint density at radius 1 is 1.50 bits per heavy atom. The molecule has 0 bridgehead atoms. The molecule has 0 atom stereocenters. The maximum absolute atomic E-state index is 12.2. The number of imidazole rings is 1. The summed E-state index contributed by atoms with van der Waals surface area (Å²) >= 11 is 0. The van der Waals surface area contributed by atoms with Gasteiger partial charge in [-0.3, -0.25) is 0 Å². The van der Waals surface area contributed by atoms with Crippen molar-refractivity contribution < 1.29 is 18.6 Å². The minimum atomic E-state index is -3.97. The van der Waals surface area contributed by atoms with Crippen molar-refractivity contribution in [3.63, 3.8) is 0 Å². The largest absolute Gasteiger partial charge is 0.394 e. The van der Waals surface area contributed by atoms with Gasteiger partial charge in [-0.1, -0.05) is 6.92 Å². The molecule has 0 spiro atoms. The van der Waals surface area contributed by atoms with Gasteiger partial charge >= 0.3 is 0 Å². The number of nitrogens with one attached hydrogen (secondary N) is 1. The number of hydrogen-bond acceptors (Lipinski definition) is 6. The molecule has 0 unspecified atom stereocenters. The minimum Gasteiger partial charge on any atom is -0.394 e. The zero-order valence-electron chi connectivity index (χ0n) is 10.3. The molecule has 0 aliphatic carbocycles. The third-order valence-corrected chi connectivity index (χ3v) is 4.50. The Morgan fingerprint density at radius 3 is 2.39 bits per heavy atom. The number of sulfonamides is 1. The van der Waals surface area contributed by atoms with Crippen LogP contribution in [0.5, 0.6) is 0 Å². The van der Waals surface area contributed by atoms with Gasteiger partial charge in [-0.15, -0.1) is 0 Å². The van der Waals surface area contributed by atoms with Crippen LogP contribution in [0.2, 0.25) is 0 Å². The average Bonchev–Trinajstić information content (AvgIpc) is 2.67. The fraction of sp³-hybridized carbons (Fsp3) is 0.667. The first-order valence-corrected chi connectivity index (χ1v) is 6.82. The molecule has 0 aliphatic heterocycles. The predicted molar refractivity (Wildman–Crippen MR) is 65.1 cm³/mol. The summed E-state index contributed by atoms with van der Waals surface area (Å²) in [6.07, 6.45) is 1.51. The number of nitrogen functional groups attached to an aromatic ring is 1. The van der Waals surface area contributed by atoms with Crippen molar-refractivity contribution in [2.24, 2.45) is 7.05 Å². The third kappa shape index (κ3) is 2.64. The standard InChI is InChI=1S/C9H18N4O4S/c1-3-9(4-14,5-15)12-18(16,17)8-7(10)11-6-13(8)2/h6,12,14-15H,3-5,10H2,1-2H3. The van der Waals surface area contributed by atoms with Gasteiger partial charge in [0, 0.05) is 7.05 Å². The number of aliphatic hydroxyl groups is 2. The lowest BCUT2D eigenvalue weighted by molar-refractivity contribution is 0.105. The van der Waals surface area contributed by atoms with Gasteiger partial charge in [0.25, 0.3) is 10.0 Å². The van der Waals surface area contributed by atoms with Crippen LogP contribution in [-0.4, -0.2) is 46.9 Å². The topological polar surface area (TPSA) is 130 Å². The molecule has 9 heteroatoms. The number of aryl methyl sites for hydroxylation is 1. The van der Waals surface area contributed by atoms with Gasteiger partial charge in [0.15, 0.2) is 10.8 Å². The number of nitrogens with zero attached hydrogens (tertiary/aromatic N) is 2. The van der Waals surface area contributed by atoms with Crippen LogP contribution in [0.25, 0.3) is 0 Å². The zero-order valence-corrected chi connectivity index (χ0v) is 11.1. The number of anilines is 1. The maximum atomic E-state index is 12.2. The Balaban J connectivity index is 3.17. The van der Waals surface area contributed by atoms with E-state index in [-0.39, 0.29) is 17.3 Å². The first-order chi connectivity index (χ1) is 8.32. The maximum Gasteiger partial charge on any atom is 0.260 e. The Labute approximate surface area is 105 Å². The van der Waals surface area contributed by atoms with E-state index in [0.717, 1.165) is 0 Å². The molecule has 0 amide bonds. The molecule has 1 rings (SSSR count). The Hall–Kier alpha value is -1.16. The van der Waals surface area contributed by atoms with E-state index in [1.54, 1.807) is 6.92 Å². The van der Waals surface area contributed by atoms with Crippen LogP contribution in [-0.2, 0) is 17.1 Å². The van der Waals surface area contributed by atoms with Gasteiger partial charge in [-0.05, 0) is 6.42 Å². The summed E-state index contributed by atoms with van der Waals surface area (Å²) in [6.45, 7) is 0.621. The summed E-state index contributed by atoms with van der Waals surface area (Å²) in [5.41, 5.74) is 4.18. The van der Waals surface area contributed by atoms with E-state index < -0.39 is 28.8 Å². The summed E-state index contributed by atoms with van der Waals surface area (Å²) in [7, 11) is -2.48. The molecule has 1 heterocycles. The van der Waals surface area contributed by atoms with Gasteiger partial charge in [0.1, 0.15) is 0 Å². The minimum absolute atomic E-state index is 0.133. The quantitative estimate of drug-likeness (QED) is 0.496. The van der Waals surface area contributed by atoms with E-state index in [0.29, 0.717) is 0 Å². The van der Waals surface area contributed by atoms with Crippen molar-refractivity contribution in [1.82, 2.24) is 14.3 Å². The molecule has 0 radical (unpaired) electrons. The number of aromatic nitrogens is 2. The van der Waals surface area contributed by atoms with Crippen LogP contribution < -0.4 is 10.5 Å². The van der Waals surface area contributed by atoms with Crippen LogP contribution >= 0.6 is 0 Å². The number of aliphatic hydroxyl groups excluding tert-OH is 2. The van der Waals surface area contributed by atoms with E-state index in [2.05, 4.69) is 9.71 Å². The smallest absolute Gasteiger partial charge is 0.260 e. The summed E-state index contributed by atoms with van der Waals surface area (Å²) in [6, 6.07) is 0. The van der Waals surface area contributed by atoms with E-state index in [1.165, 1.54) is 17.9 Å². The number of hydrogen-bond donors (Lipinski definition) is 4. The second-order valence-corrected chi connectivity index (χ2v) is 5.70. The van der Waals surface area contributed by atoms with Crippen molar-refractivity contribution in [1.29, 1.82) is 0 Å². The molecule has 0 aromatic carbocycles. The van der Waals surface area contributed by atoms with Crippen LogP contribution in [0.1, 0.15) is 13.3 Å². The van der Waals surface area contributed by atoms with E-state index in [1.807, 2.05) is 0 Å². The summed E-state index contributed by atoms with van der Waals surface area (Å²) in [4.78, 5) is 3.69. The second-order valence-electron chi connectivity index (χ2n) is 4.10. The Kier molecular flexibility index (Phi) is 4.32. The third-order valence-electron chi connectivity index (χ3n) is 2.80. The average molecular weight is 278 g/mol. The monoisotopic (exact) mass is 278 g/mol. The van der Waals surface area contributed by atoms with Gasteiger partial charge in [0.05, 0.1) is 25.1 Å². The highest BCUT2D eigenvalue weighted by atomic mass is 32.2. The predicted octanol–water partition coefficient (Wildman–Crippen LogP) is -1.59. The van der Waals surface area contributed by atoms with E-state index >= 15 is 0 Å². The fourth-order valence-electron chi connectivity index (χ4n) is 1.51. The van der Waals surface area contributed by atoms with E-state index in [4.69, 9.17) is 5.73 Å². The summed E-state index contributed by atoms with van der Waals surface area (Å²) in [5.74, 6) is -0.133. The van der Waals surface area contributed by atoms with Crippen LogP contribution in [0.4, 0.5) is 5.82 Å². The van der Waals surface area contributed by atoms with Crippen molar-refractivity contribution in [3.05, 3.63) is 6.33 Å². The normalized spacial score (nSPS) is 12.9. The molecule has 5 N–H and O–H groups in total. The SMILES string of the molecule is CCC(CO)(CO)NS(=O)(=O)c1c(N)ncn1C. The first-order valence-electron chi connectivity index (χ1n) is 5.34. The molecule has 18 heavy (non-hydrogen) atoms. The fourth-order valence-corrected chi connectivity index (χ4v) is 3.20. The molecule has 1 aromatic heterocycles.